The van der Waals surface area contributed by atoms with E-state index in [1.807, 2.05) is 12.1 Å². The van der Waals surface area contributed by atoms with Crippen molar-refractivity contribution in [3.05, 3.63) is 50.6 Å². The second-order valence-corrected chi connectivity index (χ2v) is 6.04. The highest BCUT2D eigenvalue weighted by Gasteiger charge is 2.32. The van der Waals surface area contributed by atoms with Crippen LogP contribution in [0.25, 0.3) is 0 Å². The van der Waals surface area contributed by atoms with Crippen molar-refractivity contribution < 1.29 is 4.79 Å². The first-order valence-corrected chi connectivity index (χ1v) is 7.54. The molecule has 1 unspecified atom stereocenters. The Morgan fingerprint density at radius 3 is 2.90 bits per heavy atom. The van der Waals surface area contributed by atoms with E-state index in [0.717, 1.165) is 23.0 Å². The first-order valence-electron chi connectivity index (χ1n) is 6.75. The molecule has 1 atom stereocenters. The van der Waals surface area contributed by atoms with Gasteiger partial charge in [0.1, 0.15) is 5.69 Å². The van der Waals surface area contributed by atoms with Crippen molar-refractivity contribution in [1.82, 2.24) is 19.7 Å². The number of nitrogens with one attached hydrogen (secondary N) is 1. The number of rotatable bonds is 2. The van der Waals surface area contributed by atoms with Crippen molar-refractivity contribution in [3.8, 4) is 0 Å². The highest BCUT2D eigenvalue weighted by Crippen LogP contribution is 2.32. The lowest BCUT2D eigenvalue weighted by atomic mass is 10.1. The van der Waals surface area contributed by atoms with Gasteiger partial charge in [0.15, 0.2) is 0 Å². The van der Waals surface area contributed by atoms with Crippen LogP contribution >= 0.6 is 15.9 Å². The topological polar surface area (TPSA) is 71.0 Å². The highest BCUT2D eigenvalue weighted by atomic mass is 79.9. The third kappa shape index (κ3) is 2.65. The number of pyridine rings is 1. The predicted octanol–water partition coefficient (Wildman–Crippen LogP) is 1.85. The van der Waals surface area contributed by atoms with Crippen LogP contribution in [0.4, 0.5) is 0 Å². The standard InChI is InChI=1S/C14H15BrN4O2/c1-18-12(7-13(20)17-18)14(21)19-6-2-3-11(19)10-5-4-9(15)8-16-10/h4-5,7-8,11H,2-3,6H2,1H3,(H,17,20). The number of H-pyrrole nitrogens is 1. The fourth-order valence-electron chi connectivity index (χ4n) is 2.73. The number of halogens is 1. The molecule has 6 nitrogen and oxygen atoms in total. The summed E-state index contributed by atoms with van der Waals surface area (Å²) in [4.78, 5) is 30.2. The van der Waals surface area contributed by atoms with Crippen LogP contribution in [-0.4, -0.2) is 32.1 Å². The Labute approximate surface area is 129 Å². The molecular formula is C14H15BrN4O2. The van der Waals surface area contributed by atoms with Gasteiger partial charge < -0.3 is 4.90 Å². The lowest BCUT2D eigenvalue weighted by Gasteiger charge is -2.24. The normalized spacial score (nSPS) is 18.2. The lowest BCUT2D eigenvalue weighted by Crippen LogP contribution is -2.32. The molecule has 1 aliphatic rings. The number of amides is 1. The average molecular weight is 351 g/mol. The number of aromatic nitrogens is 3. The molecule has 0 spiro atoms. The number of nitrogens with zero attached hydrogens (tertiary/aromatic N) is 3. The Balaban J connectivity index is 1.90. The minimum Gasteiger partial charge on any atom is -0.329 e. The monoisotopic (exact) mass is 350 g/mol. The summed E-state index contributed by atoms with van der Waals surface area (Å²) in [5.74, 6) is -0.136. The molecule has 3 rings (SSSR count). The number of aryl methyl sites for hydroxylation is 1. The first kappa shape index (κ1) is 14.1. The Bertz CT molecular complexity index is 719. The molecule has 21 heavy (non-hydrogen) atoms. The summed E-state index contributed by atoms with van der Waals surface area (Å²) in [7, 11) is 1.66. The van der Waals surface area contributed by atoms with Crippen molar-refractivity contribution >= 4 is 21.8 Å². The molecule has 3 heterocycles. The summed E-state index contributed by atoms with van der Waals surface area (Å²) in [6.07, 6.45) is 3.56. The van der Waals surface area contributed by atoms with Crippen LogP contribution in [0.15, 0.2) is 33.7 Å². The number of carbonyl (C=O) groups is 1. The maximum atomic E-state index is 12.6. The molecule has 110 valence electrons. The van der Waals surface area contributed by atoms with E-state index >= 15 is 0 Å². The Kier molecular flexibility index (Phi) is 3.67. The van der Waals surface area contributed by atoms with E-state index in [1.165, 1.54) is 10.7 Å². The molecule has 7 heteroatoms. The molecule has 1 saturated heterocycles. The van der Waals surface area contributed by atoms with Gasteiger partial charge in [-0.15, -0.1) is 0 Å². The van der Waals surface area contributed by atoms with Gasteiger partial charge in [0, 0.05) is 30.3 Å². The van der Waals surface area contributed by atoms with Crippen LogP contribution in [0.5, 0.6) is 0 Å². The highest BCUT2D eigenvalue weighted by molar-refractivity contribution is 9.10. The lowest BCUT2D eigenvalue weighted by molar-refractivity contribution is 0.0721. The molecule has 2 aromatic heterocycles. The smallest absolute Gasteiger partial charge is 0.272 e. The zero-order chi connectivity index (χ0) is 15.0. The minimum atomic E-state index is -0.265. The van der Waals surface area contributed by atoms with Gasteiger partial charge in [0.05, 0.1) is 11.7 Å². The molecule has 1 fully saturated rings. The Hall–Kier alpha value is -1.89. The molecular weight excluding hydrogens is 336 g/mol. The molecule has 1 N–H and O–H groups in total. The number of hydrogen-bond acceptors (Lipinski definition) is 3. The SMILES string of the molecule is Cn1[nH]c(=O)cc1C(=O)N1CCCC1c1ccc(Br)cn1. The average Bonchev–Trinajstić information content (AvgIpc) is 3.05. The zero-order valence-corrected chi connectivity index (χ0v) is 13.1. The van der Waals surface area contributed by atoms with Crippen LogP contribution in [0.2, 0.25) is 0 Å². The van der Waals surface area contributed by atoms with Crippen molar-refractivity contribution in [3.63, 3.8) is 0 Å². The number of carbonyl (C=O) groups excluding carboxylic acids is 1. The number of aromatic amines is 1. The minimum absolute atomic E-state index is 0.0318. The molecule has 1 aliphatic heterocycles. The maximum Gasteiger partial charge on any atom is 0.272 e. The summed E-state index contributed by atoms with van der Waals surface area (Å²) in [6.45, 7) is 0.681. The van der Waals surface area contributed by atoms with E-state index in [2.05, 4.69) is 26.0 Å². The van der Waals surface area contributed by atoms with E-state index in [1.54, 1.807) is 18.1 Å². The van der Waals surface area contributed by atoms with Crippen LogP contribution in [0, 0.1) is 0 Å². The van der Waals surface area contributed by atoms with E-state index < -0.39 is 0 Å². The summed E-state index contributed by atoms with van der Waals surface area (Å²) in [5, 5.41) is 2.57. The number of hydrogen-bond donors (Lipinski definition) is 1. The van der Waals surface area contributed by atoms with Crippen LogP contribution in [0.3, 0.4) is 0 Å². The third-order valence-electron chi connectivity index (χ3n) is 3.73. The summed E-state index contributed by atoms with van der Waals surface area (Å²) >= 11 is 3.36. The van der Waals surface area contributed by atoms with Crippen molar-refractivity contribution in [1.29, 1.82) is 0 Å². The maximum absolute atomic E-state index is 12.6. The van der Waals surface area contributed by atoms with Gasteiger partial charge in [-0.1, -0.05) is 0 Å². The fourth-order valence-corrected chi connectivity index (χ4v) is 2.97. The van der Waals surface area contributed by atoms with E-state index in [9.17, 15) is 9.59 Å². The second-order valence-electron chi connectivity index (χ2n) is 5.12. The Morgan fingerprint density at radius 2 is 2.29 bits per heavy atom. The van der Waals surface area contributed by atoms with Gasteiger partial charge >= 0.3 is 0 Å². The molecule has 0 saturated carbocycles. The van der Waals surface area contributed by atoms with Crippen LogP contribution in [-0.2, 0) is 7.05 Å². The molecule has 0 radical (unpaired) electrons. The zero-order valence-electron chi connectivity index (χ0n) is 11.5. The van der Waals surface area contributed by atoms with E-state index in [-0.39, 0.29) is 17.5 Å². The molecule has 0 aliphatic carbocycles. The van der Waals surface area contributed by atoms with E-state index in [0.29, 0.717) is 12.2 Å². The molecule has 1 amide bonds. The summed E-state index contributed by atoms with van der Waals surface area (Å²) in [6, 6.07) is 5.16. The van der Waals surface area contributed by atoms with Crippen LogP contribution < -0.4 is 5.56 Å². The molecule has 0 bridgehead atoms. The van der Waals surface area contributed by atoms with E-state index in [4.69, 9.17) is 0 Å². The summed E-state index contributed by atoms with van der Waals surface area (Å²) in [5.41, 5.74) is 0.993. The Morgan fingerprint density at radius 1 is 1.48 bits per heavy atom. The number of likely N-dealkylation sites (tertiary alicyclic amines) is 1. The molecule has 0 aromatic carbocycles. The first-order chi connectivity index (χ1) is 10.1. The second kappa shape index (κ2) is 5.48. The summed E-state index contributed by atoms with van der Waals surface area (Å²) < 4.78 is 2.38. The van der Waals surface area contributed by atoms with Gasteiger partial charge in [-0.2, -0.15) is 0 Å². The van der Waals surface area contributed by atoms with Crippen molar-refractivity contribution in [2.45, 2.75) is 18.9 Å². The van der Waals surface area contributed by atoms with Gasteiger partial charge in [-0.3, -0.25) is 24.4 Å². The molecule has 2 aromatic rings. The predicted molar refractivity (Wildman–Crippen MR) is 81.0 cm³/mol. The van der Waals surface area contributed by atoms with Gasteiger partial charge in [-0.25, -0.2) is 0 Å². The van der Waals surface area contributed by atoms with Gasteiger partial charge in [-0.05, 0) is 40.9 Å². The largest absolute Gasteiger partial charge is 0.329 e. The van der Waals surface area contributed by atoms with Gasteiger partial charge in [0.25, 0.3) is 11.5 Å². The fraction of sp³-hybridized carbons (Fsp3) is 0.357. The van der Waals surface area contributed by atoms with Crippen molar-refractivity contribution in [2.24, 2.45) is 7.05 Å². The van der Waals surface area contributed by atoms with Gasteiger partial charge in [0.2, 0.25) is 0 Å². The van der Waals surface area contributed by atoms with Crippen LogP contribution in [0.1, 0.15) is 35.1 Å². The quantitative estimate of drug-likeness (QED) is 0.898. The van der Waals surface area contributed by atoms with Crippen molar-refractivity contribution in [2.75, 3.05) is 6.54 Å². The third-order valence-corrected chi connectivity index (χ3v) is 4.20.